The number of nitrogens with zero attached hydrogens (tertiary/aromatic N) is 1. The minimum absolute atomic E-state index is 0.195. The van der Waals surface area contributed by atoms with Crippen LogP contribution in [0.3, 0.4) is 0 Å². The van der Waals surface area contributed by atoms with Crippen LogP contribution in [0, 0.1) is 0 Å². The van der Waals surface area contributed by atoms with E-state index in [0.717, 1.165) is 0 Å². The van der Waals surface area contributed by atoms with E-state index in [2.05, 4.69) is 4.52 Å². The monoisotopic (exact) mass is 202 g/mol. The predicted molar refractivity (Wildman–Crippen MR) is 44.5 cm³/mol. The second-order valence-electron chi connectivity index (χ2n) is 3.30. The van der Waals surface area contributed by atoms with Gasteiger partial charge in [0.15, 0.2) is 0 Å². The van der Waals surface area contributed by atoms with E-state index < -0.39 is 6.95 Å². The molecule has 1 unspecified atom stereocenters. The van der Waals surface area contributed by atoms with E-state index in [-0.39, 0.29) is 6.61 Å². The van der Waals surface area contributed by atoms with Crippen LogP contribution >= 0.6 is 18.2 Å². The van der Waals surface area contributed by atoms with Crippen LogP contribution in [0.5, 0.6) is 0 Å². The fourth-order valence-electron chi connectivity index (χ4n) is 0.427. The van der Waals surface area contributed by atoms with Crippen molar-refractivity contribution in [2.45, 2.75) is 0 Å². The molecule has 1 atom stereocenters. The van der Waals surface area contributed by atoms with Gasteiger partial charge in [-0.15, -0.1) is 0 Å². The summed E-state index contributed by atoms with van der Waals surface area (Å²) in [6.07, 6.45) is 0. The van der Waals surface area contributed by atoms with Crippen molar-refractivity contribution in [3.63, 3.8) is 0 Å². The molecule has 1 N–H and O–H groups in total. The van der Waals surface area contributed by atoms with Crippen LogP contribution in [-0.4, -0.2) is 43.7 Å². The van der Waals surface area contributed by atoms with Crippen molar-refractivity contribution >= 4 is 18.2 Å². The molecule has 0 aliphatic heterocycles. The van der Waals surface area contributed by atoms with Crippen molar-refractivity contribution in [2.24, 2.45) is 0 Å². The van der Waals surface area contributed by atoms with Gasteiger partial charge in [0, 0.05) is 11.2 Å². The Morgan fingerprint density at radius 2 is 2.00 bits per heavy atom. The zero-order valence-corrected chi connectivity index (χ0v) is 8.60. The molecule has 0 aliphatic rings. The normalized spacial score (nSPS) is 17.9. The maximum atomic E-state index is 10.4. The lowest BCUT2D eigenvalue weighted by Crippen LogP contribution is -2.37. The summed E-state index contributed by atoms with van der Waals surface area (Å²) in [6, 6.07) is 0. The number of likely N-dealkylation sites (N-methyl/N-ethyl adjacent to an activating group) is 1. The van der Waals surface area contributed by atoms with Crippen LogP contribution in [0.25, 0.3) is 0 Å². The van der Waals surface area contributed by atoms with E-state index in [1.54, 1.807) is 0 Å². The standard InChI is InChI=1S/C5H13ClNO3P/c1-7(2,3)4-5-10-11(6,8)9/h4-5H2,1-3H3/p+1. The Morgan fingerprint density at radius 3 is 2.27 bits per heavy atom. The van der Waals surface area contributed by atoms with E-state index in [4.69, 9.17) is 16.1 Å². The number of hydrogen-bond donors (Lipinski definition) is 1. The number of rotatable bonds is 4. The van der Waals surface area contributed by atoms with Gasteiger partial charge in [-0.3, -0.25) is 4.52 Å². The fourth-order valence-corrected chi connectivity index (χ4v) is 0.941. The number of hydrogen-bond acceptors (Lipinski definition) is 2. The molecule has 0 spiro atoms. The van der Waals surface area contributed by atoms with Crippen LogP contribution in [0.1, 0.15) is 0 Å². The summed E-state index contributed by atoms with van der Waals surface area (Å²) in [5.41, 5.74) is 0. The summed E-state index contributed by atoms with van der Waals surface area (Å²) in [5, 5.41) is 0. The molecule has 0 aromatic heterocycles. The molecule has 0 saturated heterocycles. The van der Waals surface area contributed by atoms with E-state index >= 15 is 0 Å². The molecule has 68 valence electrons. The van der Waals surface area contributed by atoms with Crippen molar-refractivity contribution in [3.05, 3.63) is 0 Å². The van der Waals surface area contributed by atoms with Crippen molar-refractivity contribution in [2.75, 3.05) is 34.3 Å². The first-order valence-electron chi connectivity index (χ1n) is 3.18. The van der Waals surface area contributed by atoms with Gasteiger partial charge in [-0.1, -0.05) is 0 Å². The van der Waals surface area contributed by atoms with Crippen LogP contribution in [-0.2, 0) is 9.09 Å². The van der Waals surface area contributed by atoms with Gasteiger partial charge in [0.2, 0.25) is 0 Å². The highest BCUT2D eigenvalue weighted by atomic mass is 35.7. The van der Waals surface area contributed by atoms with E-state index in [0.29, 0.717) is 11.0 Å². The van der Waals surface area contributed by atoms with Gasteiger partial charge in [0.05, 0.1) is 21.1 Å². The largest absolute Gasteiger partial charge is 0.421 e. The Balaban J connectivity index is 3.52. The van der Waals surface area contributed by atoms with Gasteiger partial charge in [-0.05, 0) is 0 Å². The Hall–Kier alpha value is 0.400. The first-order chi connectivity index (χ1) is 4.71. The van der Waals surface area contributed by atoms with Crippen LogP contribution in [0.2, 0.25) is 0 Å². The summed E-state index contributed by atoms with van der Waals surface area (Å²) in [5.74, 6) is 0. The third-order valence-electron chi connectivity index (χ3n) is 1.01. The smallest absolute Gasteiger partial charge is 0.329 e. The fraction of sp³-hybridized carbons (Fsp3) is 1.00. The average molecular weight is 203 g/mol. The molecule has 0 bridgehead atoms. The molecule has 0 fully saturated rings. The Labute approximate surface area is 71.6 Å². The maximum Gasteiger partial charge on any atom is 0.421 e. The molecule has 0 amide bonds. The molecule has 0 aromatic carbocycles. The summed E-state index contributed by atoms with van der Waals surface area (Å²) in [4.78, 5) is 8.51. The van der Waals surface area contributed by atoms with Crippen LogP contribution in [0.15, 0.2) is 0 Å². The highest BCUT2D eigenvalue weighted by molar-refractivity contribution is 7.80. The van der Waals surface area contributed by atoms with Crippen molar-refractivity contribution in [3.8, 4) is 0 Å². The molecular weight excluding hydrogens is 188 g/mol. The quantitative estimate of drug-likeness (QED) is 0.548. The third kappa shape index (κ3) is 10.4. The zero-order valence-electron chi connectivity index (χ0n) is 6.95. The average Bonchev–Trinajstić information content (AvgIpc) is 1.55. The molecule has 0 radical (unpaired) electrons. The number of halogens is 1. The van der Waals surface area contributed by atoms with E-state index in [1.165, 1.54) is 0 Å². The zero-order chi connectivity index (χ0) is 9.12. The topological polar surface area (TPSA) is 46.5 Å². The molecule has 6 heteroatoms. The van der Waals surface area contributed by atoms with Crippen LogP contribution in [0.4, 0.5) is 0 Å². The van der Waals surface area contributed by atoms with Gasteiger partial charge >= 0.3 is 6.95 Å². The Bertz CT molecular complexity index is 162. The summed E-state index contributed by atoms with van der Waals surface area (Å²) in [7, 11) is 5.87. The Morgan fingerprint density at radius 1 is 1.55 bits per heavy atom. The molecule has 11 heavy (non-hydrogen) atoms. The van der Waals surface area contributed by atoms with Gasteiger partial charge in [0.1, 0.15) is 13.2 Å². The number of quaternary nitrogens is 1. The van der Waals surface area contributed by atoms with Gasteiger partial charge in [-0.2, -0.15) is 0 Å². The third-order valence-corrected chi connectivity index (χ3v) is 1.81. The lowest BCUT2D eigenvalue weighted by Gasteiger charge is -2.23. The molecular formula is C5H14ClNO3P+. The van der Waals surface area contributed by atoms with Crippen LogP contribution < -0.4 is 0 Å². The second-order valence-corrected chi connectivity index (χ2v) is 5.74. The lowest BCUT2D eigenvalue weighted by molar-refractivity contribution is -0.870. The molecule has 0 saturated carbocycles. The molecule has 0 rings (SSSR count). The van der Waals surface area contributed by atoms with Crippen molar-refractivity contribution < 1.29 is 18.5 Å². The first-order valence-corrected chi connectivity index (χ1v) is 5.66. The molecule has 0 heterocycles. The minimum atomic E-state index is -3.79. The minimum Gasteiger partial charge on any atom is -0.329 e. The SMILES string of the molecule is C[N+](C)(C)CCOP(=O)(O)Cl. The van der Waals surface area contributed by atoms with E-state index in [1.807, 2.05) is 21.1 Å². The highest BCUT2D eigenvalue weighted by Gasteiger charge is 2.16. The first kappa shape index (κ1) is 11.4. The lowest BCUT2D eigenvalue weighted by atomic mass is 10.5. The van der Waals surface area contributed by atoms with Gasteiger partial charge < -0.3 is 9.38 Å². The maximum absolute atomic E-state index is 10.4. The van der Waals surface area contributed by atoms with Crippen molar-refractivity contribution in [1.82, 2.24) is 0 Å². The van der Waals surface area contributed by atoms with Crippen molar-refractivity contribution in [1.29, 1.82) is 0 Å². The highest BCUT2D eigenvalue weighted by Crippen LogP contribution is 2.47. The summed E-state index contributed by atoms with van der Waals surface area (Å²) in [6.45, 7) is -2.94. The molecule has 0 aromatic rings. The molecule has 4 nitrogen and oxygen atoms in total. The predicted octanol–water partition coefficient (Wildman–Crippen LogP) is 1.05. The summed E-state index contributed by atoms with van der Waals surface area (Å²) < 4.78 is 15.5. The van der Waals surface area contributed by atoms with Gasteiger partial charge in [-0.25, -0.2) is 4.57 Å². The molecule has 0 aliphatic carbocycles. The second kappa shape index (κ2) is 3.87. The Kier molecular flexibility index (Phi) is 4.02. The van der Waals surface area contributed by atoms with E-state index in [9.17, 15) is 4.57 Å². The van der Waals surface area contributed by atoms with Gasteiger partial charge in [0.25, 0.3) is 0 Å². The summed E-state index contributed by atoms with van der Waals surface area (Å²) >= 11 is 4.94.